The van der Waals surface area contributed by atoms with Gasteiger partial charge in [-0.05, 0) is 18.4 Å². The van der Waals surface area contributed by atoms with E-state index in [9.17, 15) is 4.79 Å². The first kappa shape index (κ1) is 13.0. The van der Waals surface area contributed by atoms with Crippen LogP contribution in [0.1, 0.15) is 31.2 Å². The van der Waals surface area contributed by atoms with Gasteiger partial charge in [0.2, 0.25) is 6.29 Å². The van der Waals surface area contributed by atoms with E-state index in [1.54, 1.807) is 0 Å². The van der Waals surface area contributed by atoms with Gasteiger partial charge in [0.25, 0.3) is 0 Å². The minimum atomic E-state index is -0.322. The summed E-state index contributed by atoms with van der Waals surface area (Å²) in [5.74, 6) is 0.759. The Hall–Kier alpha value is -1.97. The van der Waals surface area contributed by atoms with Crippen LogP contribution < -0.4 is 0 Å². The van der Waals surface area contributed by atoms with Crippen molar-refractivity contribution in [3.8, 4) is 0 Å². The van der Waals surface area contributed by atoms with E-state index in [2.05, 4.69) is 0 Å². The van der Waals surface area contributed by atoms with Crippen molar-refractivity contribution in [3.63, 3.8) is 0 Å². The van der Waals surface area contributed by atoms with E-state index in [0.29, 0.717) is 31.0 Å². The van der Waals surface area contributed by atoms with E-state index >= 15 is 0 Å². The zero-order chi connectivity index (χ0) is 13.8. The topological polar surface area (TPSA) is 44.8 Å². The smallest absolute Gasteiger partial charge is 0.319 e. The molecule has 20 heavy (non-hydrogen) atoms. The number of hydrogen-bond acceptors (Lipinski definition) is 4. The van der Waals surface area contributed by atoms with E-state index < -0.39 is 0 Å². The number of benzene rings is 1. The van der Waals surface area contributed by atoms with Crippen molar-refractivity contribution >= 4 is 5.78 Å². The highest BCUT2D eigenvalue weighted by atomic mass is 16.8. The number of carbonyl (C=O) groups is 1. The molecule has 0 aromatic heterocycles. The van der Waals surface area contributed by atoms with E-state index in [0.717, 1.165) is 18.4 Å². The molecule has 1 aromatic rings. The van der Waals surface area contributed by atoms with E-state index in [4.69, 9.17) is 14.2 Å². The molecular formula is C16H18O4. The van der Waals surface area contributed by atoms with Crippen molar-refractivity contribution in [2.75, 3.05) is 0 Å². The highest BCUT2D eigenvalue weighted by Crippen LogP contribution is 2.25. The van der Waals surface area contributed by atoms with Gasteiger partial charge in [-0.3, -0.25) is 4.79 Å². The van der Waals surface area contributed by atoms with Crippen LogP contribution in [0.5, 0.6) is 0 Å². The van der Waals surface area contributed by atoms with Crippen molar-refractivity contribution < 1.29 is 19.0 Å². The first-order valence-electron chi connectivity index (χ1n) is 7.04. The number of ketones is 1. The average Bonchev–Trinajstić information content (AvgIpc) is 2.90. The van der Waals surface area contributed by atoms with Gasteiger partial charge in [-0.1, -0.05) is 30.3 Å². The number of Topliss-reactive ketones (excluding diaryl/α,β-unsaturated/α-hetero) is 1. The molecule has 106 valence electrons. The van der Waals surface area contributed by atoms with Crippen molar-refractivity contribution in [1.82, 2.24) is 0 Å². The van der Waals surface area contributed by atoms with Crippen LogP contribution in [0.4, 0.5) is 0 Å². The SMILES string of the molecule is O=C1CCC(OC2=COC(Cc3ccccc3)O2)CC1. The summed E-state index contributed by atoms with van der Waals surface area (Å²) in [6.07, 6.45) is 4.71. The first-order valence-corrected chi connectivity index (χ1v) is 7.04. The van der Waals surface area contributed by atoms with Gasteiger partial charge in [0.15, 0.2) is 6.26 Å². The van der Waals surface area contributed by atoms with Crippen LogP contribution in [0.25, 0.3) is 0 Å². The number of rotatable bonds is 4. The summed E-state index contributed by atoms with van der Waals surface area (Å²) >= 11 is 0. The van der Waals surface area contributed by atoms with Crippen molar-refractivity contribution in [2.24, 2.45) is 0 Å². The molecule has 0 amide bonds. The highest BCUT2D eigenvalue weighted by Gasteiger charge is 2.26. The molecule has 0 radical (unpaired) electrons. The maximum absolute atomic E-state index is 11.2. The minimum Gasteiger partial charge on any atom is -0.460 e. The third kappa shape index (κ3) is 3.32. The van der Waals surface area contributed by atoms with Gasteiger partial charge in [-0.2, -0.15) is 0 Å². The molecule has 1 unspecified atom stereocenters. The Morgan fingerprint density at radius 1 is 1.15 bits per heavy atom. The predicted octanol–water partition coefficient (Wildman–Crippen LogP) is 2.93. The van der Waals surface area contributed by atoms with Crippen molar-refractivity contribution in [2.45, 2.75) is 44.5 Å². The summed E-state index contributed by atoms with van der Waals surface area (Å²) in [5.41, 5.74) is 1.16. The standard InChI is InChI=1S/C16H18O4/c17-13-6-8-14(9-7-13)19-16-11-18-15(20-16)10-12-4-2-1-3-5-12/h1-5,11,14-15H,6-10H2. The molecular weight excluding hydrogens is 256 g/mol. The van der Waals surface area contributed by atoms with Crippen LogP contribution in [-0.2, 0) is 25.4 Å². The van der Waals surface area contributed by atoms with E-state index in [1.807, 2.05) is 30.3 Å². The third-order valence-electron chi connectivity index (χ3n) is 3.58. The zero-order valence-electron chi connectivity index (χ0n) is 11.3. The van der Waals surface area contributed by atoms with Gasteiger partial charge in [0.05, 0.1) is 0 Å². The maximum atomic E-state index is 11.2. The number of carbonyl (C=O) groups excluding carboxylic acids is 1. The first-order chi connectivity index (χ1) is 9.79. The van der Waals surface area contributed by atoms with Crippen LogP contribution in [0, 0.1) is 0 Å². The molecule has 1 fully saturated rings. The summed E-state index contributed by atoms with van der Waals surface area (Å²) < 4.78 is 16.8. The van der Waals surface area contributed by atoms with Gasteiger partial charge in [0, 0.05) is 19.3 Å². The Balaban J connectivity index is 1.46. The Labute approximate surface area is 118 Å². The zero-order valence-corrected chi connectivity index (χ0v) is 11.3. The van der Waals surface area contributed by atoms with Crippen LogP contribution in [0.3, 0.4) is 0 Å². The largest absolute Gasteiger partial charge is 0.460 e. The lowest BCUT2D eigenvalue weighted by atomic mass is 9.97. The molecule has 1 saturated carbocycles. The van der Waals surface area contributed by atoms with Gasteiger partial charge in [0.1, 0.15) is 11.9 Å². The quantitative estimate of drug-likeness (QED) is 0.846. The Morgan fingerprint density at radius 2 is 1.90 bits per heavy atom. The molecule has 4 nitrogen and oxygen atoms in total. The second-order valence-electron chi connectivity index (χ2n) is 5.17. The fraction of sp³-hybridized carbons (Fsp3) is 0.438. The number of hydrogen-bond donors (Lipinski definition) is 0. The maximum Gasteiger partial charge on any atom is 0.319 e. The molecule has 1 atom stereocenters. The van der Waals surface area contributed by atoms with E-state index in [1.165, 1.54) is 6.26 Å². The summed E-state index contributed by atoms with van der Waals surface area (Å²) in [6, 6.07) is 10.1. The molecule has 0 bridgehead atoms. The third-order valence-corrected chi connectivity index (χ3v) is 3.58. The van der Waals surface area contributed by atoms with Gasteiger partial charge in [-0.25, -0.2) is 0 Å². The van der Waals surface area contributed by atoms with Gasteiger partial charge in [-0.15, -0.1) is 0 Å². The lowest BCUT2D eigenvalue weighted by Crippen LogP contribution is -2.22. The lowest BCUT2D eigenvalue weighted by molar-refractivity contribution is -0.125. The summed E-state index contributed by atoms with van der Waals surface area (Å²) in [4.78, 5) is 11.2. The molecule has 3 rings (SSSR count). The van der Waals surface area contributed by atoms with Crippen LogP contribution in [-0.4, -0.2) is 18.2 Å². The molecule has 1 heterocycles. The molecule has 1 aliphatic heterocycles. The summed E-state index contributed by atoms with van der Waals surface area (Å²) in [5, 5.41) is 0. The molecule has 1 aliphatic carbocycles. The van der Waals surface area contributed by atoms with Gasteiger partial charge >= 0.3 is 5.95 Å². The van der Waals surface area contributed by atoms with E-state index in [-0.39, 0.29) is 12.4 Å². The normalized spacial score (nSPS) is 22.9. The Morgan fingerprint density at radius 3 is 2.65 bits per heavy atom. The minimum absolute atomic E-state index is 0.0676. The fourth-order valence-electron chi connectivity index (χ4n) is 2.46. The van der Waals surface area contributed by atoms with Crippen LogP contribution in [0.15, 0.2) is 42.5 Å². The van der Waals surface area contributed by atoms with Crippen LogP contribution >= 0.6 is 0 Å². The molecule has 0 spiro atoms. The Bertz CT molecular complexity index is 484. The second kappa shape index (κ2) is 5.99. The highest BCUT2D eigenvalue weighted by molar-refractivity contribution is 5.79. The Kier molecular flexibility index (Phi) is 3.90. The monoisotopic (exact) mass is 274 g/mol. The molecule has 2 aliphatic rings. The van der Waals surface area contributed by atoms with Crippen LogP contribution in [0.2, 0.25) is 0 Å². The molecule has 0 saturated heterocycles. The second-order valence-corrected chi connectivity index (χ2v) is 5.17. The molecule has 0 N–H and O–H groups in total. The summed E-state index contributed by atoms with van der Waals surface area (Å²) in [6.45, 7) is 0. The molecule has 4 heteroatoms. The number of ether oxygens (including phenoxy) is 3. The predicted molar refractivity (Wildman–Crippen MR) is 72.5 cm³/mol. The van der Waals surface area contributed by atoms with Crippen molar-refractivity contribution in [1.29, 1.82) is 0 Å². The fourth-order valence-corrected chi connectivity index (χ4v) is 2.46. The van der Waals surface area contributed by atoms with Gasteiger partial charge < -0.3 is 14.2 Å². The average molecular weight is 274 g/mol. The molecule has 1 aromatic carbocycles. The summed E-state index contributed by atoms with van der Waals surface area (Å²) in [7, 11) is 0. The van der Waals surface area contributed by atoms with Crippen molar-refractivity contribution in [3.05, 3.63) is 48.1 Å². The lowest BCUT2D eigenvalue weighted by Gasteiger charge is -2.22.